The molecule has 1 aromatic rings. The molecule has 3 N–H and O–H groups in total. The first-order valence-corrected chi connectivity index (χ1v) is 7.13. The van der Waals surface area contributed by atoms with Gasteiger partial charge in [0.1, 0.15) is 5.82 Å². The lowest BCUT2D eigenvalue weighted by Gasteiger charge is -2.22. The zero-order chi connectivity index (χ0) is 13.2. The largest absolute Gasteiger partial charge is 0.271 e. The van der Waals surface area contributed by atoms with E-state index in [4.69, 9.17) is 5.84 Å². The highest BCUT2D eigenvalue weighted by atomic mass is 32.2. The Hall–Kier alpha value is -0.980. The molecule has 0 aromatic heterocycles. The van der Waals surface area contributed by atoms with Crippen LogP contribution < -0.4 is 11.3 Å². The van der Waals surface area contributed by atoms with E-state index in [1.165, 1.54) is 12.1 Å². The van der Waals surface area contributed by atoms with Crippen LogP contribution in [0.4, 0.5) is 4.39 Å². The second-order valence-corrected chi connectivity index (χ2v) is 6.64. The fraction of sp³-hybridized carbons (Fsp3) is 0.455. The van der Waals surface area contributed by atoms with Crippen LogP contribution in [0.1, 0.15) is 24.1 Å². The number of benzene rings is 1. The van der Waals surface area contributed by atoms with E-state index in [1.54, 1.807) is 19.9 Å². The van der Waals surface area contributed by atoms with Crippen LogP contribution in [0.5, 0.6) is 0 Å². The first-order valence-electron chi connectivity index (χ1n) is 5.18. The van der Waals surface area contributed by atoms with Crippen LogP contribution in [0.2, 0.25) is 0 Å². The maximum Gasteiger partial charge on any atom is 0.151 e. The predicted molar refractivity (Wildman–Crippen MR) is 65.5 cm³/mol. The average Bonchev–Trinajstić information content (AvgIpc) is 2.15. The van der Waals surface area contributed by atoms with Crippen LogP contribution in [0.3, 0.4) is 0 Å². The Morgan fingerprint density at radius 1 is 1.35 bits per heavy atom. The summed E-state index contributed by atoms with van der Waals surface area (Å²) < 4.78 is 36.2. The molecule has 0 heterocycles. The summed E-state index contributed by atoms with van der Waals surface area (Å²) in [4.78, 5) is 0. The number of aryl methyl sites for hydroxylation is 1. The van der Waals surface area contributed by atoms with Crippen molar-refractivity contribution in [3.8, 4) is 0 Å². The van der Waals surface area contributed by atoms with Crippen molar-refractivity contribution in [1.82, 2.24) is 5.43 Å². The number of halogens is 1. The lowest BCUT2D eigenvalue weighted by molar-refractivity contribution is 0.509. The SMILES string of the molecule is Cc1cc(F)cc(C(NN)C(C)S(C)(=O)=O)c1. The van der Waals surface area contributed by atoms with Crippen LogP contribution in [0.15, 0.2) is 18.2 Å². The third-order valence-corrected chi connectivity index (χ3v) is 4.37. The minimum Gasteiger partial charge on any atom is -0.271 e. The van der Waals surface area contributed by atoms with E-state index in [0.717, 1.165) is 11.8 Å². The van der Waals surface area contributed by atoms with Crippen LogP contribution in [-0.2, 0) is 9.84 Å². The van der Waals surface area contributed by atoms with Crippen molar-refractivity contribution < 1.29 is 12.8 Å². The molecule has 0 fully saturated rings. The molecule has 4 nitrogen and oxygen atoms in total. The normalized spacial score (nSPS) is 15.6. The molecule has 0 radical (unpaired) electrons. The van der Waals surface area contributed by atoms with Gasteiger partial charge in [-0.05, 0) is 37.1 Å². The lowest BCUT2D eigenvalue weighted by Crippen LogP contribution is -2.38. The standard InChI is InChI=1S/C11H17FN2O2S/c1-7-4-9(6-10(12)5-7)11(14-13)8(2)17(3,15)16/h4-6,8,11,14H,13H2,1-3H3. The minimum absolute atomic E-state index is 0.402. The van der Waals surface area contributed by atoms with Gasteiger partial charge >= 0.3 is 0 Å². The summed E-state index contributed by atoms with van der Waals surface area (Å²) >= 11 is 0. The topological polar surface area (TPSA) is 72.2 Å². The van der Waals surface area contributed by atoms with Crippen LogP contribution in [0.25, 0.3) is 0 Å². The quantitative estimate of drug-likeness (QED) is 0.627. The van der Waals surface area contributed by atoms with Crippen molar-refractivity contribution >= 4 is 9.84 Å². The highest BCUT2D eigenvalue weighted by molar-refractivity contribution is 7.91. The van der Waals surface area contributed by atoms with E-state index >= 15 is 0 Å². The molecule has 0 aliphatic heterocycles. The maximum absolute atomic E-state index is 13.3. The van der Waals surface area contributed by atoms with Crippen LogP contribution in [0, 0.1) is 12.7 Å². The number of hydrogen-bond acceptors (Lipinski definition) is 4. The van der Waals surface area contributed by atoms with Crippen LogP contribution >= 0.6 is 0 Å². The first kappa shape index (κ1) is 14.1. The van der Waals surface area contributed by atoms with Crippen LogP contribution in [-0.4, -0.2) is 19.9 Å². The Kier molecular flexibility index (Phi) is 4.24. The Bertz CT molecular complexity index is 482. The average molecular weight is 260 g/mol. The summed E-state index contributed by atoms with van der Waals surface area (Å²) in [5, 5.41) is -0.728. The van der Waals surface area contributed by atoms with Crippen molar-refractivity contribution in [2.45, 2.75) is 25.1 Å². The van der Waals surface area contributed by atoms with E-state index in [2.05, 4.69) is 5.43 Å². The number of hydrogen-bond donors (Lipinski definition) is 2. The second kappa shape index (κ2) is 5.12. The first-order chi connectivity index (χ1) is 7.75. The summed E-state index contributed by atoms with van der Waals surface area (Å²) in [6.45, 7) is 3.28. The molecule has 0 saturated carbocycles. The number of rotatable bonds is 4. The van der Waals surface area contributed by atoms with Gasteiger partial charge in [0, 0.05) is 6.26 Å². The number of nitrogens with two attached hydrogens (primary N) is 1. The van der Waals surface area contributed by atoms with Gasteiger partial charge in [0.05, 0.1) is 11.3 Å². The predicted octanol–water partition coefficient (Wildman–Crippen LogP) is 1.07. The van der Waals surface area contributed by atoms with Crippen molar-refractivity contribution in [2.75, 3.05) is 6.26 Å². The Balaban J connectivity index is 3.18. The van der Waals surface area contributed by atoms with Gasteiger partial charge in [-0.1, -0.05) is 6.07 Å². The monoisotopic (exact) mass is 260 g/mol. The van der Waals surface area contributed by atoms with Gasteiger partial charge in [-0.15, -0.1) is 0 Å². The molecule has 2 atom stereocenters. The molecule has 0 aliphatic rings. The van der Waals surface area contributed by atoms with Gasteiger partial charge in [-0.25, -0.2) is 12.8 Å². The molecule has 0 aliphatic carbocycles. The van der Waals surface area contributed by atoms with E-state index in [9.17, 15) is 12.8 Å². The third kappa shape index (κ3) is 3.49. The molecule has 96 valence electrons. The lowest BCUT2D eigenvalue weighted by atomic mass is 10.0. The van der Waals surface area contributed by atoms with Crippen molar-refractivity contribution in [3.63, 3.8) is 0 Å². The highest BCUT2D eigenvalue weighted by Gasteiger charge is 2.26. The summed E-state index contributed by atoms with van der Waals surface area (Å²) in [7, 11) is -3.25. The van der Waals surface area contributed by atoms with Crippen molar-refractivity contribution in [1.29, 1.82) is 0 Å². The van der Waals surface area contributed by atoms with E-state index < -0.39 is 26.9 Å². The molecular formula is C11H17FN2O2S. The van der Waals surface area contributed by atoms with Gasteiger partial charge < -0.3 is 0 Å². The molecule has 0 spiro atoms. The summed E-state index contributed by atoms with van der Waals surface area (Å²) in [6.07, 6.45) is 1.13. The molecule has 17 heavy (non-hydrogen) atoms. The molecule has 0 bridgehead atoms. The minimum atomic E-state index is -3.25. The van der Waals surface area contributed by atoms with Crippen molar-refractivity contribution in [3.05, 3.63) is 35.1 Å². The summed E-state index contributed by atoms with van der Waals surface area (Å²) in [6, 6.07) is 3.76. The molecule has 1 aromatic carbocycles. The second-order valence-electron chi connectivity index (χ2n) is 4.24. The van der Waals surface area contributed by atoms with Gasteiger partial charge in [-0.3, -0.25) is 11.3 Å². The number of sulfone groups is 1. The van der Waals surface area contributed by atoms with Crippen molar-refractivity contribution in [2.24, 2.45) is 5.84 Å². The van der Waals surface area contributed by atoms with Gasteiger partial charge in [-0.2, -0.15) is 0 Å². The summed E-state index contributed by atoms with van der Waals surface area (Å²) in [5.41, 5.74) is 3.69. The fourth-order valence-corrected chi connectivity index (χ4v) is 2.42. The Labute approximate surface area is 101 Å². The zero-order valence-corrected chi connectivity index (χ0v) is 10.9. The summed E-state index contributed by atoms with van der Waals surface area (Å²) in [5.74, 6) is 4.96. The molecule has 1 rings (SSSR count). The Morgan fingerprint density at radius 3 is 2.35 bits per heavy atom. The number of nitrogens with one attached hydrogen (secondary N) is 1. The Morgan fingerprint density at radius 2 is 1.94 bits per heavy atom. The molecular weight excluding hydrogens is 243 g/mol. The molecule has 0 saturated heterocycles. The molecule has 6 heteroatoms. The van der Waals surface area contributed by atoms with Gasteiger partial charge in [0.2, 0.25) is 0 Å². The smallest absolute Gasteiger partial charge is 0.151 e. The molecule has 2 unspecified atom stereocenters. The third-order valence-electron chi connectivity index (χ3n) is 2.75. The van der Waals surface area contributed by atoms with E-state index in [0.29, 0.717) is 5.56 Å². The van der Waals surface area contributed by atoms with E-state index in [-0.39, 0.29) is 0 Å². The van der Waals surface area contributed by atoms with Gasteiger partial charge in [0.15, 0.2) is 9.84 Å². The maximum atomic E-state index is 13.3. The van der Waals surface area contributed by atoms with E-state index in [1.807, 2.05) is 0 Å². The number of hydrazine groups is 1. The van der Waals surface area contributed by atoms with Gasteiger partial charge in [0.25, 0.3) is 0 Å². The zero-order valence-electron chi connectivity index (χ0n) is 10.1. The fourth-order valence-electron chi connectivity index (χ4n) is 1.69. The highest BCUT2D eigenvalue weighted by Crippen LogP contribution is 2.22. The molecule has 0 amide bonds.